The molecule has 5 heteroatoms. The van der Waals surface area contributed by atoms with Crippen LogP contribution >= 0.6 is 0 Å². The van der Waals surface area contributed by atoms with E-state index in [1.807, 2.05) is 36.1 Å². The normalized spacial score (nSPS) is 16.5. The molecule has 2 heterocycles. The van der Waals surface area contributed by atoms with Crippen molar-refractivity contribution in [1.29, 1.82) is 0 Å². The highest BCUT2D eigenvalue weighted by Gasteiger charge is 2.32. The number of nitrogens with zero attached hydrogens (tertiary/aromatic N) is 3. The second kappa shape index (κ2) is 8.27. The number of hydrogen-bond acceptors (Lipinski definition) is 3. The lowest BCUT2D eigenvalue weighted by Gasteiger charge is -2.25. The maximum atomic E-state index is 12.5. The van der Waals surface area contributed by atoms with Gasteiger partial charge in [0.2, 0.25) is 5.91 Å². The number of carbonyl (C=O) groups excluding carboxylic acids is 1. The summed E-state index contributed by atoms with van der Waals surface area (Å²) in [6.45, 7) is 8.18. The Kier molecular flexibility index (Phi) is 5.56. The average molecular weight is 392 g/mol. The van der Waals surface area contributed by atoms with Crippen molar-refractivity contribution < 1.29 is 9.53 Å². The van der Waals surface area contributed by atoms with Gasteiger partial charge in [0.25, 0.3) is 0 Å². The van der Waals surface area contributed by atoms with Crippen LogP contribution in [0.25, 0.3) is 11.0 Å². The van der Waals surface area contributed by atoms with Crippen LogP contribution in [0.15, 0.2) is 42.5 Å². The largest absolute Gasteiger partial charge is 0.491 e. The number of amides is 1. The van der Waals surface area contributed by atoms with E-state index in [0.717, 1.165) is 47.6 Å². The van der Waals surface area contributed by atoms with Crippen molar-refractivity contribution in [1.82, 2.24) is 14.5 Å². The summed E-state index contributed by atoms with van der Waals surface area (Å²) >= 11 is 0. The predicted molar refractivity (Wildman–Crippen MR) is 115 cm³/mol. The van der Waals surface area contributed by atoms with Crippen molar-refractivity contribution >= 4 is 16.9 Å². The summed E-state index contributed by atoms with van der Waals surface area (Å²) in [5.41, 5.74) is 4.46. The monoisotopic (exact) mass is 391 g/mol. The molecule has 0 N–H and O–H groups in total. The van der Waals surface area contributed by atoms with Crippen LogP contribution < -0.4 is 4.74 Å². The summed E-state index contributed by atoms with van der Waals surface area (Å²) in [7, 11) is 0. The lowest BCUT2D eigenvalue weighted by molar-refractivity contribution is -0.131. The Morgan fingerprint density at radius 3 is 2.83 bits per heavy atom. The molecule has 0 saturated carbocycles. The van der Waals surface area contributed by atoms with E-state index in [9.17, 15) is 4.79 Å². The number of ether oxygens (including phenoxy) is 1. The first kappa shape index (κ1) is 19.5. The van der Waals surface area contributed by atoms with Gasteiger partial charge in [0.05, 0.1) is 23.6 Å². The lowest BCUT2D eigenvalue weighted by atomic mass is 10.1. The zero-order valence-electron chi connectivity index (χ0n) is 17.5. The van der Waals surface area contributed by atoms with Crippen LogP contribution in [0.2, 0.25) is 0 Å². The molecule has 4 rings (SSSR count). The van der Waals surface area contributed by atoms with Crippen LogP contribution in [0.4, 0.5) is 0 Å². The van der Waals surface area contributed by atoms with Crippen molar-refractivity contribution in [2.24, 2.45) is 0 Å². The van der Waals surface area contributed by atoms with Crippen molar-refractivity contribution in [3.8, 4) is 5.75 Å². The molecule has 1 aliphatic rings. The third-order valence-electron chi connectivity index (χ3n) is 5.76. The predicted octanol–water partition coefficient (Wildman–Crippen LogP) is 4.81. The summed E-state index contributed by atoms with van der Waals surface area (Å²) in [5.74, 6) is 2.11. The summed E-state index contributed by atoms with van der Waals surface area (Å²) < 4.78 is 8.34. The van der Waals surface area contributed by atoms with Gasteiger partial charge in [-0.25, -0.2) is 4.98 Å². The van der Waals surface area contributed by atoms with Gasteiger partial charge in [0.15, 0.2) is 0 Å². The minimum absolute atomic E-state index is 0.0518. The fourth-order valence-electron chi connectivity index (χ4n) is 4.33. The molecule has 5 nitrogen and oxygen atoms in total. The Labute approximate surface area is 172 Å². The van der Waals surface area contributed by atoms with Crippen molar-refractivity contribution in [3.63, 3.8) is 0 Å². The van der Waals surface area contributed by atoms with Crippen LogP contribution in [0, 0.1) is 13.8 Å². The minimum Gasteiger partial charge on any atom is -0.491 e. The van der Waals surface area contributed by atoms with Gasteiger partial charge in [0, 0.05) is 13.0 Å². The number of aryl methyl sites for hydroxylation is 2. The first-order valence-electron chi connectivity index (χ1n) is 10.5. The minimum atomic E-state index is 0.0518. The van der Waals surface area contributed by atoms with Gasteiger partial charge in [-0.1, -0.05) is 36.8 Å². The zero-order chi connectivity index (χ0) is 20.4. The van der Waals surface area contributed by atoms with Crippen LogP contribution in [-0.4, -0.2) is 33.5 Å². The lowest BCUT2D eigenvalue weighted by Crippen LogP contribution is -2.31. The van der Waals surface area contributed by atoms with Gasteiger partial charge in [-0.05, 0) is 50.5 Å². The van der Waals surface area contributed by atoms with Gasteiger partial charge in [0.1, 0.15) is 18.2 Å². The molecule has 2 aromatic carbocycles. The zero-order valence-corrected chi connectivity index (χ0v) is 17.5. The van der Waals surface area contributed by atoms with E-state index >= 15 is 0 Å². The Balaban J connectivity index is 1.61. The van der Waals surface area contributed by atoms with Crippen molar-refractivity contribution in [2.45, 2.75) is 52.6 Å². The van der Waals surface area contributed by atoms with Crippen LogP contribution in [0.1, 0.15) is 49.2 Å². The first-order chi connectivity index (χ1) is 14.1. The van der Waals surface area contributed by atoms with Crippen LogP contribution in [0.3, 0.4) is 0 Å². The molecule has 0 aliphatic carbocycles. The van der Waals surface area contributed by atoms with Gasteiger partial charge < -0.3 is 14.2 Å². The number of para-hydroxylation sites is 2. The quantitative estimate of drug-likeness (QED) is 0.606. The third-order valence-corrected chi connectivity index (χ3v) is 5.76. The summed E-state index contributed by atoms with van der Waals surface area (Å²) in [5, 5.41) is 0. The highest BCUT2D eigenvalue weighted by atomic mass is 16.5. The highest BCUT2D eigenvalue weighted by Crippen LogP contribution is 2.34. The second-order valence-corrected chi connectivity index (χ2v) is 7.83. The number of imidazole rings is 1. The molecule has 1 saturated heterocycles. The summed E-state index contributed by atoms with van der Waals surface area (Å²) in [6, 6.07) is 14.5. The molecule has 1 amide bonds. The van der Waals surface area contributed by atoms with Crippen molar-refractivity contribution in [3.05, 3.63) is 59.4 Å². The van der Waals surface area contributed by atoms with Crippen molar-refractivity contribution in [2.75, 3.05) is 13.2 Å². The van der Waals surface area contributed by atoms with Crippen LogP contribution in [-0.2, 0) is 11.3 Å². The topological polar surface area (TPSA) is 47.4 Å². The number of fused-ring (bicyclic) bond motifs is 1. The molecule has 0 spiro atoms. The molecule has 1 aliphatic heterocycles. The molecule has 29 heavy (non-hydrogen) atoms. The van der Waals surface area contributed by atoms with Gasteiger partial charge in [-0.15, -0.1) is 0 Å². The molecule has 152 valence electrons. The smallest absolute Gasteiger partial charge is 0.222 e. The maximum absolute atomic E-state index is 12.5. The number of rotatable bonds is 6. The van der Waals surface area contributed by atoms with E-state index < -0.39 is 0 Å². The summed E-state index contributed by atoms with van der Waals surface area (Å²) in [6.07, 6.45) is 2.53. The number of carbonyl (C=O) groups is 1. The average Bonchev–Trinajstić information content (AvgIpc) is 3.34. The molecule has 1 atom stereocenters. The molecule has 0 radical (unpaired) electrons. The van der Waals surface area contributed by atoms with Gasteiger partial charge in [-0.2, -0.15) is 0 Å². The van der Waals surface area contributed by atoms with Crippen LogP contribution in [0.5, 0.6) is 5.75 Å². The van der Waals surface area contributed by atoms with E-state index in [1.54, 1.807) is 0 Å². The molecule has 3 aromatic rings. The number of likely N-dealkylation sites (tertiary alicyclic amines) is 1. The Hall–Kier alpha value is -2.82. The fraction of sp³-hybridized carbons (Fsp3) is 0.417. The molecular weight excluding hydrogens is 362 g/mol. The Morgan fingerprint density at radius 2 is 2.03 bits per heavy atom. The standard InChI is InChI=1S/C24H29N3O2/c1-4-23(28)26-13-7-10-21(26)24-25-19-8-5-6-9-20(19)27(24)14-15-29-22-12-11-17(2)16-18(22)3/h5-6,8-9,11-12,16,21H,4,7,10,13-15H2,1-3H3/t21-/m0/s1. The van der Waals surface area contributed by atoms with E-state index in [-0.39, 0.29) is 11.9 Å². The molecular formula is C24H29N3O2. The third kappa shape index (κ3) is 3.86. The van der Waals surface area contributed by atoms with E-state index in [0.29, 0.717) is 19.6 Å². The molecule has 1 fully saturated rings. The Morgan fingerprint density at radius 1 is 1.21 bits per heavy atom. The first-order valence-corrected chi connectivity index (χ1v) is 10.5. The number of aromatic nitrogens is 2. The van der Waals surface area contributed by atoms with E-state index in [4.69, 9.17) is 9.72 Å². The fourth-order valence-corrected chi connectivity index (χ4v) is 4.33. The Bertz CT molecular complexity index is 1020. The molecule has 0 bridgehead atoms. The van der Waals surface area contributed by atoms with E-state index in [2.05, 4.69) is 36.6 Å². The van der Waals surface area contributed by atoms with E-state index in [1.165, 1.54) is 5.56 Å². The number of hydrogen-bond donors (Lipinski definition) is 0. The maximum Gasteiger partial charge on any atom is 0.222 e. The number of benzene rings is 2. The highest BCUT2D eigenvalue weighted by molar-refractivity contribution is 5.78. The van der Waals surface area contributed by atoms with Gasteiger partial charge in [-0.3, -0.25) is 4.79 Å². The second-order valence-electron chi connectivity index (χ2n) is 7.83. The SMILES string of the molecule is CCC(=O)N1CCC[C@H]1c1nc2ccccc2n1CCOc1ccc(C)cc1C. The van der Waals surface area contributed by atoms with Gasteiger partial charge >= 0.3 is 0 Å². The molecule has 0 unspecified atom stereocenters. The summed E-state index contributed by atoms with van der Waals surface area (Å²) in [4.78, 5) is 19.4. The molecule has 1 aromatic heterocycles.